The minimum atomic E-state index is -0.0621. The zero-order valence-corrected chi connectivity index (χ0v) is 9.73. The van der Waals surface area contributed by atoms with Gasteiger partial charge in [0.2, 0.25) is 5.91 Å². The summed E-state index contributed by atoms with van der Waals surface area (Å²) in [6, 6.07) is 10.3. The van der Waals surface area contributed by atoms with Crippen molar-refractivity contribution in [3.05, 3.63) is 35.9 Å². The smallest absolute Gasteiger partial charge is 0.238 e. The fourth-order valence-electron chi connectivity index (χ4n) is 2.11. The van der Waals surface area contributed by atoms with E-state index in [0.717, 1.165) is 6.42 Å². The third kappa shape index (κ3) is 2.42. The lowest BCUT2D eigenvalue weighted by Crippen LogP contribution is -2.34. The average molecular weight is 218 g/mol. The van der Waals surface area contributed by atoms with E-state index >= 15 is 0 Å². The van der Waals surface area contributed by atoms with E-state index in [0.29, 0.717) is 5.92 Å². The Morgan fingerprint density at radius 1 is 1.31 bits per heavy atom. The van der Waals surface area contributed by atoms with Gasteiger partial charge < -0.3 is 5.32 Å². The predicted molar refractivity (Wildman–Crippen MR) is 64.0 cm³/mol. The summed E-state index contributed by atoms with van der Waals surface area (Å²) in [5, 5.41) is 6.20. The zero-order valence-electron chi connectivity index (χ0n) is 9.73. The topological polar surface area (TPSA) is 41.1 Å². The summed E-state index contributed by atoms with van der Waals surface area (Å²) in [7, 11) is 0. The molecule has 3 heteroatoms. The van der Waals surface area contributed by atoms with Crippen molar-refractivity contribution in [2.45, 2.75) is 38.4 Å². The molecule has 0 radical (unpaired) electrons. The van der Waals surface area contributed by atoms with E-state index in [1.54, 1.807) is 0 Å². The highest BCUT2D eigenvalue weighted by Crippen LogP contribution is 2.20. The van der Waals surface area contributed by atoms with E-state index in [1.165, 1.54) is 5.56 Å². The molecule has 0 spiro atoms. The third-order valence-corrected chi connectivity index (χ3v) is 3.12. The lowest BCUT2D eigenvalue weighted by atomic mass is 9.96. The average Bonchev–Trinajstić information content (AvgIpc) is 2.59. The summed E-state index contributed by atoms with van der Waals surface area (Å²) >= 11 is 0. The molecule has 1 aromatic carbocycles. The molecule has 86 valence electrons. The summed E-state index contributed by atoms with van der Waals surface area (Å²) in [4.78, 5) is 11.3. The normalized spacial score (nSPS) is 26.5. The molecule has 0 aromatic heterocycles. The molecule has 2 N–H and O–H groups in total. The van der Waals surface area contributed by atoms with Gasteiger partial charge in [0, 0.05) is 0 Å². The molecule has 1 heterocycles. The van der Waals surface area contributed by atoms with Crippen LogP contribution < -0.4 is 10.6 Å². The Kier molecular flexibility index (Phi) is 3.25. The molecule has 3 atom stereocenters. The number of hydrogen-bond donors (Lipinski definition) is 2. The van der Waals surface area contributed by atoms with Gasteiger partial charge in [-0.1, -0.05) is 37.3 Å². The van der Waals surface area contributed by atoms with Crippen molar-refractivity contribution in [2.24, 2.45) is 0 Å². The molecule has 1 fully saturated rings. The van der Waals surface area contributed by atoms with Crippen LogP contribution in [0.4, 0.5) is 0 Å². The quantitative estimate of drug-likeness (QED) is 0.809. The summed E-state index contributed by atoms with van der Waals surface area (Å²) in [6.07, 6.45) is 1.04. The van der Waals surface area contributed by atoms with Gasteiger partial charge in [-0.05, 0) is 24.8 Å². The van der Waals surface area contributed by atoms with Gasteiger partial charge in [-0.2, -0.15) is 0 Å². The molecule has 2 unspecified atom stereocenters. The first-order chi connectivity index (χ1) is 7.66. The molecule has 1 saturated heterocycles. The largest absolute Gasteiger partial charge is 0.339 e. The Morgan fingerprint density at radius 3 is 2.56 bits per heavy atom. The van der Waals surface area contributed by atoms with E-state index in [2.05, 4.69) is 41.8 Å². The van der Waals surface area contributed by atoms with Gasteiger partial charge in [0.05, 0.1) is 12.2 Å². The van der Waals surface area contributed by atoms with E-state index in [9.17, 15) is 4.79 Å². The van der Waals surface area contributed by atoms with Crippen LogP contribution in [0, 0.1) is 0 Å². The van der Waals surface area contributed by atoms with Crippen LogP contribution in [0.3, 0.4) is 0 Å². The van der Waals surface area contributed by atoms with Crippen LogP contribution in [0.2, 0.25) is 0 Å². The van der Waals surface area contributed by atoms with Crippen molar-refractivity contribution >= 4 is 5.91 Å². The molecule has 0 saturated carbocycles. The van der Waals surface area contributed by atoms with Crippen LogP contribution in [-0.2, 0) is 4.79 Å². The van der Waals surface area contributed by atoms with Crippen molar-refractivity contribution in [1.29, 1.82) is 0 Å². The van der Waals surface area contributed by atoms with Crippen molar-refractivity contribution < 1.29 is 4.79 Å². The maximum Gasteiger partial charge on any atom is 0.238 e. The molecule has 1 aromatic rings. The fraction of sp³-hybridized carbons (Fsp3) is 0.462. The summed E-state index contributed by atoms with van der Waals surface area (Å²) < 4.78 is 0. The Hall–Kier alpha value is -1.35. The van der Waals surface area contributed by atoms with Gasteiger partial charge in [-0.15, -0.1) is 0 Å². The number of carbonyl (C=O) groups excluding carboxylic acids is 1. The fourth-order valence-corrected chi connectivity index (χ4v) is 2.11. The summed E-state index contributed by atoms with van der Waals surface area (Å²) in [5.41, 5.74) is 1.32. The number of hydrogen-bond acceptors (Lipinski definition) is 2. The standard InChI is InChI=1S/C13H18N2O/c1-9(11-6-4-3-5-7-11)8-12-14-10(2)13(16)15-12/h3-7,9-10,12,14H,8H2,1-2H3,(H,15,16)/t9?,10-,12?/m0/s1. The van der Waals surface area contributed by atoms with Gasteiger partial charge in [0.15, 0.2) is 0 Å². The van der Waals surface area contributed by atoms with Crippen LogP contribution >= 0.6 is 0 Å². The second-order valence-electron chi connectivity index (χ2n) is 4.50. The second kappa shape index (κ2) is 4.66. The van der Waals surface area contributed by atoms with E-state index in [4.69, 9.17) is 0 Å². The van der Waals surface area contributed by atoms with E-state index in [1.807, 2.05) is 13.0 Å². The lowest BCUT2D eigenvalue weighted by molar-refractivity contribution is -0.120. The Bertz CT molecular complexity index is 363. The zero-order chi connectivity index (χ0) is 11.5. The molecule has 1 amide bonds. The first-order valence-electron chi connectivity index (χ1n) is 5.78. The van der Waals surface area contributed by atoms with Crippen LogP contribution in [0.15, 0.2) is 30.3 Å². The van der Waals surface area contributed by atoms with Crippen LogP contribution in [0.25, 0.3) is 0 Å². The van der Waals surface area contributed by atoms with E-state index in [-0.39, 0.29) is 18.1 Å². The minimum Gasteiger partial charge on any atom is -0.339 e. The molecule has 3 nitrogen and oxygen atoms in total. The van der Waals surface area contributed by atoms with Crippen LogP contribution in [0.1, 0.15) is 31.7 Å². The highest BCUT2D eigenvalue weighted by atomic mass is 16.2. The van der Waals surface area contributed by atoms with Gasteiger partial charge in [0.1, 0.15) is 0 Å². The predicted octanol–water partition coefficient (Wildman–Crippen LogP) is 1.61. The van der Waals surface area contributed by atoms with Gasteiger partial charge in [0.25, 0.3) is 0 Å². The second-order valence-corrected chi connectivity index (χ2v) is 4.50. The maximum atomic E-state index is 11.3. The molecule has 1 aliphatic rings. The van der Waals surface area contributed by atoms with Crippen molar-refractivity contribution in [1.82, 2.24) is 10.6 Å². The van der Waals surface area contributed by atoms with E-state index < -0.39 is 0 Å². The van der Waals surface area contributed by atoms with Gasteiger partial charge in [-0.25, -0.2) is 0 Å². The third-order valence-electron chi connectivity index (χ3n) is 3.12. The first-order valence-corrected chi connectivity index (χ1v) is 5.78. The molecule has 0 aliphatic carbocycles. The molecular weight excluding hydrogens is 200 g/mol. The molecule has 0 bridgehead atoms. The van der Waals surface area contributed by atoms with Gasteiger partial charge >= 0.3 is 0 Å². The van der Waals surface area contributed by atoms with Crippen LogP contribution in [0.5, 0.6) is 0 Å². The molecular formula is C13H18N2O. The van der Waals surface area contributed by atoms with Gasteiger partial charge in [-0.3, -0.25) is 10.1 Å². The lowest BCUT2D eigenvalue weighted by Gasteiger charge is -2.17. The number of nitrogens with one attached hydrogen (secondary N) is 2. The Morgan fingerprint density at radius 2 is 2.00 bits per heavy atom. The summed E-state index contributed by atoms with van der Waals surface area (Å²) in [6.45, 7) is 4.08. The minimum absolute atomic E-state index is 0.0621. The number of carbonyl (C=O) groups is 1. The summed E-state index contributed by atoms with van der Waals surface area (Å²) in [5.74, 6) is 0.551. The maximum absolute atomic E-state index is 11.3. The highest BCUT2D eigenvalue weighted by Gasteiger charge is 2.28. The van der Waals surface area contributed by atoms with Crippen LogP contribution in [-0.4, -0.2) is 18.1 Å². The first kappa shape index (κ1) is 11.1. The number of amides is 1. The highest BCUT2D eigenvalue weighted by molar-refractivity contribution is 5.83. The molecule has 1 aliphatic heterocycles. The monoisotopic (exact) mass is 218 g/mol. The van der Waals surface area contributed by atoms with Crippen molar-refractivity contribution in [3.63, 3.8) is 0 Å². The Balaban J connectivity index is 1.94. The SMILES string of the molecule is CC(CC1NC(=O)[C@H](C)N1)c1ccccc1. The molecule has 2 rings (SSSR count). The molecule has 16 heavy (non-hydrogen) atoms. The van der Waals surface area contributed by atoms with Crippen molar-refractivity contribution in [3.8, 4) is 0 Å². The number of rotatable bonds is 3. The van der Waals surface area contributed by atoms with Crippen molar-refractivity contribution in [2.75, 3.05) is 0 Å². The number of benzene rings is 1. The Labute approximate surface area is 96.2 Å².